The molecule has 66 valence electrons. The molecule has 0 rings (SSSR count). The molecule has 0 aromatic heterocycles. The van der Waals surface area contributed by atoms with Crippen LogP contribution in [0.5, 0.6) is 0 Å². The van der Waals surface area contributed by atoms with E-state index in [2.05, 4.69) is 0 Å². The van der Waals surface area contributed by atoms with E-state index in [4.69, 9.17) is 39.9 Å². The molecule has 1 atom stereocenters. The van der Waals surface area contributed by atoms with E-state index in [0.29, 0.717) is 12.8 Å². The summed E-state index contributed by atoms with van der Waals surface area (Å²) in [4.78, 5) is 9.65. The summed E-state index contributed by atoms with van der Waals surface area (Å²) in [5, 5.41) is 7.93. The number of aliphatic carboxylic acids is 1. The minimum atomic E-state index is -0.898. The van der Waals surface area contributed by atoms with Gasteiger partial charge in [0.05, 0.1) is 6.42 Å². The first kappa shape index (κ1) is 11.3. The Balaban J connectivity index is 3.37. The van der Waals surface area contributed by atoms with Gasteiger partial charge in [-0.3, -0.25) is 4.79 Å². The van der Waals surface area contributed by atoms with Crippen LogP contribution >= 0.6 is 34.8 Å². The van der Waals surface area contributed by atoms with Gasteiger partial charge in [-0.2, -0.15) is 0 Å². The number of carboxylic acid groups (broad SMARTS) is 1. The van der Waals surface area contributed by atoms with Crippen LogP contribution in [0.25, 0.3) is 0 Å². The Morgan fingerprint density at radius 1 is 1.27 bits per heavy atom. The first-order chi connectivity index (χ1) is 5.02. The molecular formula is C6H9Cl3O2. The maximum atomic E-state index is 10.1. The van der Waals surface area contributed by atoms with E-state index in [1.165, 1.54) is 0 Å². The van der Waals surface area contributed by atoms with Gasteiger partial charge in [0.2, 0.25) is 0 Å². The highest BCUT2D eigenvalue weighted by molar-refractivity contribution is 6.44. The molecule has 0 saturated heterocycles. The van der Waals surface area contributed by atoms with Gasteiger partial charge in [0, 0.05) is 5.38 Å². The van der Waals surface area contributed by atoms with Crippen molar-refractivity contribution in [2.24, 2.45) is 0 Å². The summed E-state index contributed by atoms with van der Waals surface area (Å²) in [5.41, 5.74) is 0. The molecular weight excluding hydrogens is 210 g/mol. The standard InChI is InChI=1S/C6H9Cl3O2/c7-4(3-6(10)11)1-2-5(8)9/h4-5H,1-3H2,(H,10,11). The summed E-state index contributed by atoms with van der Waals surface area (Å²) >= 11 is 16.5. The average Bonchev–Trinajstić information content (AvgIpc) is 1.82. The molecule has 0 fully saturated rings. The van der Waals surface area contributed by atoms with Crippen LogP contribution in [0, 0.1) is 0 Å². The van der Waals surface area contributed by atoms with Crippen molar-refractivity contribution >= 4 is 40.8 Å². The number of alkyl halides is 3. The number of halogens is 3. The van der Waals surface area contributed by atoms with E-state index in [0.717, 1.165) is 0 Å². The van der Waals surface area contributed by atoms with Crippen LogP contribution in [-0.2, 0) is 4.79 Å². The number of carbonyl (C=O) groups is 1. The maximum Gasteiger partial charge on any atom is 0.304 e. The largest absolute Gasteiger partial charge is 0.481 e. The predicted molar refractivity (Wildman–Crippen MR) is 46.6 cm³/mol. The lowest BCUT2D eigenvalue weighted by atomic mass is 10.2. The van der Waals surface area contributed by atoms with Gasteiger partial charge in [-0.25, -0.2) is 0 Å². The topological polar surface area (TPSA) is 37.3 Å². The van der Waals surface area contributed by atoms with Gasteiger partial charge in [0.25, 0.3) is 0 Å². The van der Waals surface area contributed by atoms with Gasteiger partial charge in [0.15, 0.2) is 0 Å². The first-order valence-electron chi connectivity index (χ1n) is 3.16. The van der Waals surface area contributed by atoms with Gasteiger partial charge >= 0.3 is 5.97 Å². The van der Waals surface area contributed by atoms with E-state index in [1.54, 1.807) is 0 Å². The predicted octanol–water partition coefficient (Wildman–Crippen LogP) is 2.65. The molecule has 1 unspecified atom stereocenters. The minimum Gasteiger partial charge on any atom is -0.481 e. The van der Waals surface area contributed by atoms with Crippen LogP contribution in [0.4, 0.5) is 0 Å². The van der Waals surface area contributed by atoms with Crippen LogP contribution in [0.3, 0.4) is 0 Å². The Morgan fingerprint density at radius 3 is 2.18 bits per heavy atom. The molecule has 0 aliphatic rings. The van der Waals surface area contributed by atoms with Gasteiger partial charge in [-0.1, -0.05) is 0 Å². The Morgan fingerprint density at radius 2 is 1.82 bits per heavy atom. The van der Waals surface area contributed by atoms with E-state index >= 15 is 0 Å². The molecule has 0 aliphatic heterocycles. The third-order valence-electron chi connectivity index (χ3n) is 1.09. The third kappa shape index (κ3) is 8.24. The molecule has 0 amide bonds. The molecule has 0 radical (unpaired) electrons. The number of hydrogen-bond acceptors (Lipinski definition) is 1. The molecule has 2 nitrogen and oxygen atoms in total. The van der Waals surface area contributed by atoms with E-state index in [9.17, 15) is 4.79 Å². The molecule has 0 saturated carbocycles. The van der Waals surface area contributed by atoms with Crippen molar-refractivity contribution in [2.75, 3.05) is 0 Å². The van der Waals surface area contributed by atoms with Crippen molar-refractivity contribution < 1.29 is 9.90 Å². The van der Waals surface area contributed by atoms with Crippen LogP contribution < -0.4 is 0 Å². The zero-order valence-electron chi connectivity index (χ0n) is 5.77. The first-order valence-corrected chi connectivity index (χ1v) is 4.47. The van der Waals surface area contributed by atoms with E-state index < -0.39 is 10.8 Å². The second-order valence-electron chi connectivity index (χ2n) is 2.16. The van der Waals surface area contributed by atoms with Crippen LogP contribution in [-0.4, -0.2) is 21.3 Å². The summed E-state index contributed by atoms with van der Waals surface area (Å²) in [6, 6.07) is 0. The Bertz CT molecular complexity index is 127. The summed E-state index contributed by atoms with van der Waals surface area (Å²) in [6.45, 7) is 0. The van der Waals surface area contributed by atoms with Crippen LogP contribution in [0.15, 0.2) is 0 Å². The minimum absolute atomic E-state index is 0.0396. The summed E-state index contributed by atoms with van der Waals surface area (Å²) < 4.78 is 0. The number of rotatable bonds is 5. The highest BCUT2D eigenvalue weighted by Gasteiger charge is 2.10. The molecule has 0 spiro atoms. The number of hydrogen-bond donors (Lipinski definition) is 1. The molecule has 0 aliphatic carbocycles. The molecule has 5 heteroatoms. The highest BCUT2D eigenvalue weighted by atomic mass is 35.5. The quantitative estimate of drug-likeness (QED) is 0.722. The smallest absolute Gasteiger partial charge is 0.304 e. The van der Waals surface area contributed by atoms with Gasteiger partial charge in [-0.15, -0.1) is 34.8 Å². The summed E-state index contributed by atoms with van der Waals surface area (Å²) in [5.74, 6) is -0.898. The van der Waals surface area contributed by atoms with E-state index in [1.807, 2.05) is 0 Å². The SMILES string of the molecule is O=C(O)CC(Cl)CCC(Cl)Cl. The lowest BCUT2D eigenvalue weighted by Gasteiger charge is -2.05. The van der Waals surface area contributed by atoms with Crippen molar-refractivity contribution in [1.82, 2.24) is 0 Å². The van der Waals surface area contributed by atoms with Crippen LogP contribution in [0.1, 0.15) is 19.3 Å². The highest BCUT2D eigenvalue weighted by Crippen LogP contribution is 2.16. The van der Waals surface area contributed by atoms with Crippen molar-refractivity contribution in [1.29, 1.82) is 0 Å². The van der Waals surface area contributed by atoms with Crippen molar-refractivity contribution in [3.63, 3.8) is 0 Å². The van der Waals surface area contributed by atoms with Gasteiger partial charge in [0.1, 0.15) is 4.84 Å². The van der Waals surface area contributed by atoms with Crippen molar-refractivity contribution in [2.45, 2.75) is 29.5 Å². The lowest BCUT2D eigenvalue weighted by molar-refractivity contribution is -0.137. The molecule has 0 aromatic rings. The zero-order valence-corrected chi connectivity index (χ0v) is 8.03. The Labute approximate surface area is 80.4 Å². The third-order valence-corrected chi connectivity index (χ3v) is 1.90. The summed E-state index contributed by atoms with van der Waals surface area (Å²) in [7, 11) is 0. The van der Waals surface area contributed by atoms with Gasteiger partial charge < -0.3 is 5.11 Å². The fraction of sp³-hybridized carbons (Fsp3) is 0.833. The molecule has 11 heavy (non-hydrogen) atoms. The molecule has 0 bridgehead atoms. The lowest BCUT2D eigenvalue weighted by Crippen LogP contribution is -2.08. The molecule has 0 aromatic carbocycles. The normalized spacial score (nSPS) is 13.5. The molecule has 1 N–H and O–H groups in total. The van der Waals surface area contributed by atoms with E-state index in [-0.39, 0.29) is 11.8 Å². The van der Waals surface area contributed by atoms with Crippen molar-refractivity contribution in [3.05, 3.63) is 0 Å². The van der Waals surface area contributed by atoms with Crippen LogP contribution in [0.2, 0.25) is 0 Å². The maximum absolute atomic E-state index is 10.1. The van der Waals surface area contributed by atoms with Crippen molar-refractivity contribution in [3.8, 4) is 0 Å². The second kappa shape index (κ2) is 5.92. The monoisotopic (exact) mass is 218 g/mol. The average molecular weight is 219 g/mol. The summed E-state index contributed by atoms with van der Waals surface area (Å²) in [6.07, 6.45) is 1.03. The fourth-order valence-electron chi connectivity index (χ4n) is 0.598. The molecule has 0 heterocycles. The second-order valence-corrected chi connectivity index (χ2v) is 4.06. The Hall–Kier alpha value is 0.340. The fourth-order valence-corrected chi connectivity index (χ4v) is 1.11. The van der Waals surface area contributed by atoms with Gasteiger partial charge in [-0.05, 0) is 12.8 Å². The zero-order chi connectivity index (χ0) is 8.85. The Kier molecular flexibility index (Phi) is 6.11. The number of carboxylic acids is 1.